The quantitative estimate of drug-likeness (QED) is 0.804. The first-order valence-corrected chi connectivity index (χ1v) is 8.12. The molecule has 0 aliphatic heterocycles. The molecular weight excluding hydrogens is 286 g/mol. The molecule has 0 saturated heterocycles. The molecule has 1 atom stereocenters. The average Bonchev–Trinajstić information content (AvgIpc) is 2.37. The van der Waals surface area contributed by atoms with Gasteiger partial charge in [-0.25, -0.2) is 4.98 Å². The number of nitrogens with zero attached hydrogens (tertiary/aromatic N) is 1. The Labute approximate surface area is 120 Å². The van der Waals surface area contributed by atoms with Crippen molar-refractivity contribution in [1.29, 1.82) is 0 Å². The molecule has 0 radical (unpaired) electrons. The summed E-state index contributed by atoms with van der Waals surface area (Å²) in [4.78, 5) is 16.0. The molecule has 0 aliphatic rings. The van der Waals surface area contributed by atoms with Gasteiger partial charge in [0.05, 0.1) is 10.6 Å². The second-order valence-corrected chi connectivity index (χ2v) is 5.97. The lowest BCUT2D eigenvalue weighted by Crippen LogP contribution is -2.28. The first kappa shape index (κ1) is 15.9. The van der Waals surface area contributed by atoms with Crippen LogP contribution in [0.1, 0.15) is 23.7 Å². The molecule has 1 amide bonds. The van der Waals surface area contributed by atoms with Gasteiger partial charge in [-0.2, -0.15) is 0 Å². The number of aromatic nitrogens is 1. The number of hydrogen-bond donors (Lipinski definition) is 2. The zero-order valence-electron chi connectivity index (χ0n) is 11.0. The van der Waals surface area contributed by atoms with E-state index < -0.39 is 10.8 Å². The summed E-state index contributed by atoms with van der Waals surface area (Å²) in [6, 6.07) is 1.62. The van der Waals surface area contributed by atoms with E-state index >= 15 is 0 Å². The van der Waals surface area contributed by atoms with E-state index in [1.807, 2.05) is 6.92 Å². The highest BCUT2D eigenvalue weighted by Gasteiger charge is 2.11. The molecule has 0 saturated carbocycles. The van der Waals surface area contributed by atoms with Crippen LogP contribution in [0.2, 0.25) is 5.02 Å². The van der Waals surface area contributed by atoms with Crippen molar-refractivity contribution in [2.24, 2.45) is 0 Å². The summed E-state index contributed by atoms with van der Waals surface area (Å²) in [5.74, 6) is 0.767. The number of halogens is 1. The molecule has 0 bridgehead atoms. The highest BCUT2D eigenvalue weighted by atomic mass is 35.5. The summed E-state index contributed by atoms with van der Waals surface area (Å²) in [6.07, 6.45) is 4.01. The highest BCUT2D eigenvalue weighted by Crippen LogP contribution is 2.17. The van der Waals surface area contributed by atoms with E-state index in [1.54, 1.807) is 12.3 Å². The summed E-state index contributed by atoms with van der Waals surface area (Å²) >= 11 is 5.96. The van der Waals surface area contributed by atoms with Gasteiger partial charge in [0.15, 0.2) is 0 Å². The molecular formula is C12H18ClN3O2S. The second-order valence-electron chi connectivity index (χ2n) is 4.01. The van der Waals surface area contributed by atoms with Gasteiger partial charge in [-0.05, 0) is 12.5 Å². The summed E-state index contributed by atoms with van der Waals surface area (Å²) < 4.78 is 10.9. The first-order chi connectivity index (χ1) is 9.04. The molecule has 5 nitrogen and oxygen atoms in total. The number of pyridine rings is 1. The van der Waals surface area contributed by atoms with Crippen molar-refractivity contribution in [3.05, 3.63) is 22.8 Å². The number of rotatable bonds is 7. The summed E-state index contributed by atoms with van der Waals surface area (Å²) in [5, 5.41) is 6.08. The fourth-order valence-corrected chi connectivity index (χ4v) is 1.94. The van der Waals surface area contributed by atoms with Crippen molar-refractivity contribution in [3.8, 4) is 0 Å². The minimum atomic E-state index is -0.925. The second kappa shape index (κ2) is 8.12. The van der Waals surface area contributed by atoms with Crippen molar-refractivity contribution in [2.45, 2.75) is 13.3 Å². The van der Waals surface area contributed by atoms with E-state index in [4.69, 9.17) is 11.6 Å². The molecule has 19 heavy (non-hydrogen) atoms. The van der Waals surface area contributed by atoms with Gasteiger partial charge in [0, 0.05) is 42.1 Å². The van der Waals surface area contributed by atoms with Gasteiger partial charge >= 0.3 is 0 Å². The Morgan fingerprint density at radius 2 is 2.21 bits per heavy atom. The fourth-order valence-electron chi connectivity index (χ4n) is 1.37. The van der Waals surface area contributed by atoms with Gasteiger partial charge in [-0.3, -0.25) is 9.00 Å². The third-order valence-corrected chi connectivity index (χ3v) is 3.41. The number of amides is 1. The number of nitrogens with one attached hydrogen (secondary N) is 2. The Balaban J connectivity index is 2.69. The van der Waals surface area contributed by atoms with E-state index in [2.05, 4.69) is 15.6 Å². The molecule has 0 aromatic carbocycles. The van der Waals surface area contributed by atoms with Gasteiger partial charge in [-0.1, -0.05) is 18.5 Å². The van der Waals surface area contributed by atoms with E-state index in [0.29, 0.717) is 28.7 Å². The number of anilines is 1. The van der Waals surface area contributed by atoms with Crippen LogP contribution in [0.25, 0.3) is 0 Å². The predicted molar refractivity (Wildman–Crippen MR) is 79.3 cm³/mol. The predicted octanol–water partition coefficient (Wildman–Crippen LogP) is 1.67. The minimum absolute atomic E-state index is 0.280. The van der Waals surface area contributed by atoms with Gasteiger partial charge in [0.2, 0.25) is 0 Å². The van der Waals surface area contributed by atoms with Crippen LogP contribution < -0.4 is 10.6 Å². The first-order valence-electron chi connectivity index (χ1n) is 6.02. The standard InChI is InChI=1S/C12H18ClN3O2S/c1-3-4-14-11-7-9(10(13)8-16-11)12(17)15-5-6-19(2)18/h7-8H,3-6H2,1-2H3,(H,14,16)(H,15,17). The molecule has 1 aromatic heterocycles. The third-order valence-electron chi connectivity index (χ3n) is 2.33. The van der Waals surface area contributed by atoms with Gasteiger partial charge in [-0.15, -0.1) is 0 Å². The van der Waals surface area contributed by atoms with Crippen LogP contribution in [0.4, 0.5) is 5.82 Å². The van der Waals surface area contributed by atoms with Crippen LogP contribution >= 0.6 is 11.6 Å². The summed E-state index contributed by atoms with van der Waals surface area (Å²) in [6.45, 7) is 3.18. The van der Waals surface area contributed by atoms with Crippen LogP contribution in [0.15, 0.2) is 12.3 Å². The lowest BCUT2D eigenvalue weighted by molar-refractivity contribution is 0.0956. The molecule has 7 heteroatoms. The molecule has 2 N–H and O–H groups in total. The van der Waals surface area contributed by atoms with Crippen molar-refractivity contribution >= 4 is 34.1 Å². The van der Waals surface area contributed by atoms with E-state index in [1.165, 1.54) is 6.20 Å². The maximum Gasteiger partial charge on any atom is 0.253 e. The largest absolute Gasteiger partial charge is 0.370 e. The summed E-state index contributed by atoms with van der Waals surface area (Å²) in [5.41, 5.74) is 0.372. The Morgan fingerprint density at radius 1 is 1.47 bits per heavy atom. The van der Waals surface area contributed by atoms with Gasteiger partial charge < -0.3 is 10.6 Å². The monoisotopic (exact) mass is 303 g/mol. The van der Waals surface area contributed by atoms with Crippen molar-refractivity contribution in [2.75, 3.05) is 30.4 Å². The van der Waals surface area contributed by atoms with Crippen LogP contribution in [0, 0.1) is 0 Å². The normalized spacial score (nSPS) is 11.9. The van der Waals surface area contributed by atoms with E-state index in [-0.39, 0.29) is 5.91 Å². The van der Waals surface area contributed by atoms with Crippen molar-refractivity contribution in [1.82, 2.24) is 10.3 Å². The number of hydrogen-bond acceptors (Lipinski definition) is 4. The Hall–Kier alpha value is -1.14. The molecule has 0 aliphatic carbocycles. The summed E-state index contributed by atoms with van der Waals surface area (Å²) in [7, 11) is -0.925. The van der Waals surface area contributed by atoms with E-state index in [9.17, 15) is 9.00 Å². The van der Waals surface area contributed by atoms with Crippen LogP contribution in [-0.2, 0) is 10.8 Å². The molecule has 1 aromatic rings. The molecule has 1 rings (SSSR count). The Kier molecular flexibility index (Phi) is 6.80. The maximum absolute atomic E-state index is 11.9. The lowest BCUT2D eigenvalue weighted by Gasteiger charge is -2.09. The number of carbonyl (C=O) groups excluding carboxylic acids is 1. The SMILES string of the molecule is CCCNc1cc(C(=O)NCCS(C)=O)c(Cl)cn1. The molecule has 1 unspecified atom stereocenters. The Bertz CT molecular complexity index is 468. The Morgan fingerprint density at radius 3 is 2.84 bits per heavy atom. The van der Waals surface area contributed by atoms with Crippen LogP contribution in [-0.4, -0.2) is 40.2 Å². The van der Waals surface area contributed by atoms with Gasteiger partial charge in [0.1, 0.15) is 5.82 Å². The van der Waals surface area contributed by atoms with E-state index in [0.717, 1.165) is 13.0 Å². The highest BCUT2D eigenvalue weighted by molar-refractivity contribution is 7.84. The lowest BCUT2D eigenvalue weighted by atomic mass is 10.2. The molecule has 0 spiro atoms. The molecule has 0 fully saturated rings. The molecule has 1 heterocycles. The number of carbonyl (C=O) groups is 1. The third kappa shape index (κ3) is 5.57. The molecule has 106 valence electrons. The van der Waals surface area contributed by atoms with Crippen LogP contribution in [0.3, 0.4) is 0 Å². The average molecular weight is 304 g/mol. The minimum Gasteiger partial charge on any atom is -0.370 e. The van der Waals surface area contributed by atoms with Crippen molar-refractivity contribution < 1.29 is 9.00 Å². The van der Waals surface area contributed by atoms with Gasteiger partial charge in [0.25, 0.3) is 5.91 Å². The topological polar surface area (TPSA) is 71.1 Å². The zero-order valence-corrected chi connectivity index (χ0v) is 12.6. The van der Waals surface area contributed by atoms with Crippen LogP contribution in [0.5, 0.6) is 0 Å². The van der Waals surface area contributed by atoms with Crippen molar-refractivity contribution in [3.63, 3.8) is 0 Å². The fraction of sp³-hybridized carbons (Fsp3) is 0.500. The zero-order chi connectivity index (χ0) is 14.3. The maximum atomic E-state index is 11.9. The smallest absolute Gasteiger partial charge is 0.253 e.